The van der Waals surface area contributed by atoms with Crippen LogP contribution in [0.5, 0.6) is 0 Å². The average molecular weight is 451 g/mol. The molecule has 0 aromatic heterocycles. The minimum atomic E-state index is -0.490. The number of hydrogen-bond acceptors (Lipinski definition) is 5. The third kappa shape index (κ3) is 6.55. The smallest absolute Gasteiger partial charge is 0.326 e. The number of benzene rings is 2. The van der Waals surface area contributed by atoms with E-state index in [0.717, 1.165) is 32.4 Å². The fraction of sp³-hybridized carbons (Fsp3) is 0.333. The van der Waals surface area contributed by atoms with Crippen molar-refractivity contribution in [1.82, 2.24) is 4.90 Å². The molecule has 2 aromatic rings. The predicted molar refractivity (Wildman–Crippen MR) is 127 cm³/mol. The molecule has 0 aliphatic carbocycles. The van der Waals surface area contributed by atoms with Crippen LogP contribution in [-0.2, 0) is 9.53 Å². The number of hydrogen-bond donors (Lipinski definition) is 4. The molecular formula is C24H30N6O3. The Kier molecular flexibility index (Phi) is 8.01. The Bertz CT molecular complexity index is 1000. The number of guanidine groups is 1. The maximum atomic E-state index is 13.2. The van der Waals surface area contributed by atoms with Crippen molar-refractivity contribution in [2.24, 2.45) is 17.4 Å². The maximum Gasteiger partial charge on any atom is 0.326 e. The number of nitrogens with one attached hydrogen (secondary N) is 2. The molecule has 3 rings (SSSR count). The zero-order valence-electron chi connectivity index (χ0n) is 18.5. The summed E-state index contributed by atoms with van der Waals surface area (Å²) in [6.45, 7) is 1.53. The summed E-state index contributed by atoms with van der Waals surface area (Å²) in [4.78, 5) is 29.0. The number of rotatable bonds is 8. The van der Waals surface area contributed by atoms with E-state index in [1.165, 1.54) is 4.90 Å². The molecule has 0 spiro atoms. The highest BCUT2D eigenvalue weighted by molar-refractivity contribution is 6.09. The number of para-hydroxylation sites is 1. The van der Waals surface area contributed by atoms with Gasteiger partial charge in [0.1, 0.15) is 12.4 Å². The van der Waals surface area contributed by atoms with E-state index in [4.69, 9.17) is 27.0 Å². The first kappa shape index (κ1) is 23.8. The Hall–Kier alpha value is -3.88. The van der Waals surface area contributed by atoms with Gasteiger partial charge in [0.2, 0.25) is 0 Å². The van der Waals surface area contributed by atoms with E-state index in [2.05, 4.69) is 0 Å². The number of nitrogens with zero attached hydrogens (tertiary/aromatic N) is 2. The first-order valence-electron chi connectivity index (χ1n) is 10.9. The summed E-state index contributed by atoms with van der Waals surface area (Å²) < 4.78 is 5.45. The fourth-order valence-electron chi connectivity index (χ4n) is 3.84. The molecule has 33 heavy (non-hydrogen) atoms. The van der Waals surface area contributed by atoms with Crippen molar-refractivity contribution in [2.45, 2.75) is 19.3 Å². The van der Waals surface area contributed by atoms with Crippen molar-refractivity contribution in [3.63, 3.8) is 0 Å². The summed E-state index contributed by atoms with van der Waals surface area (Å²) in [5.74, 6) is -0.493. The number of esters is 1. The van der Waals surface area contributed by atoms with Gasteiger partial charge in [-0.25, -0.2) is 0 Å². The maximum absolute atomic E-state index is 13.2. The van der Waals surface area contributed by atoms with E-state index in [1.54, 1.807) is 48.5 Å². The first-order chi connectivity index (χ1) is 15.8. The lowest BCUT2D eigenvalue weighted by atomic mass is 9.94. The van der Waals surface area contributed by atoms with E-state index in [-0.39, 0.29) is 30.9 Å². The lowest BCUT2D eigenvalue weighted by Crippen LogP contribution is -2.42. The minimum Gasteiger partial charge on any atom is -0.464 e. The lowest BCUT2D eigenvalue weighted by molar-refractivity contribution is -0.142. The van der Waals surface area contributed by atoms with Gasteiger partial charge in [-0.05, 0) is 49.4 Å². The molecule has 0 radical (unpaired) electrons. The van der Waals surface area contributed by atoms with E-state index in [9.17, 15) is 9.59 Å². The van der Waals surface area contributed by atoms with Gasteiger partial charge < -0.3 is 21.1 Å². The molecule has 6 N–H and O–H groups in total. The van der Waals surface area contributed by atoms with Crippen LogP contribution in [0.25, 0.3) is 0 Å². The zero-order valence-corrected chi connectivity index (χ0v) is 18.5. The van der Waals surface area contributed by atoms with E-state index in [1.807, 2.05) is 11.0 Å². The number of anilines is 1. The largest absolute Gasteiger partial charge is 0.464 e. The molecule has 0 atom stereocenters. The van der Waals surface area contributed by atoms with E-state index in [0.29, 0.717) is 22.7 Å². The zero-order chi connectivity index (χ0) is 23.8. The van der Waals surface area contributed by atoms with E-state index >= 15 is 0 Å². The molecular weight excluding hydrogens is 420 g/mol. The van der Waals surface area contributed by atoms with Gasteiger partial charge in [-0.3, -0.25) is 25.3 Å². The SMILES string of the molecule is N=C(N)c1cccc(C(=O)N(CC(=O)OCCC2CCN(C(=N)N)CC2)c2ccccc2)c1. The van der Waals surface area contributed by atoms with E-state index < -0.39 is 5.97 Å². The van der Waals surface area contributed by atoms with Crippen molar-refractivity contribution in [2.75, 3.05) is 31.1 Å². The Morgan fingerprint density at radius 2 is 1.67 bits per heavy atom. The van der Waals surface area contributed by atoms with Crippen molar-refractivity contribution in [3.8, 4) is 0 Å². The van der Waals surface area contributed by atoms with Gasteiger partial charge in [0.05, 0.1) is 6.61 Å². The number of likely N-dealkylation sites (tertiary alicyclic amines) is 1. The van der Waals surface area contributed by atoms with Crippen molar-refractivity contribution >= 4 is 29.4 Å². The van der Waals surface area contributed by atoms with Crippen LogP contribution in [0.4, 0.5) is 5.69 Å². The topological polar surface area (TPSA) is 150 Å². The van der Waals surface area contributed by atoms with Gasteiger partial charge in [-0.2, -0.15) is 0 Å². The van der Waals surface area contributed by atoms with Crippen LogP contribution in [0.2, 0.25) is 0 Å². The molecule has 0 bridgehead atoms. The molecule has 0 saturated carbocycles. The van der Waals surface area contributed by atoms with Gasteiger partial charge in [0, 0.05) is 29.9 Å². The van der Waals surface area contributed by atoms with Crippen LogP contribution in [0.15, 0.2) is 54.6 Å². The average Bonchev–Trinajstić information content (AvgIpc) is 2.83. The number of amidine groups is 1. The molecule has 2 aromatic carbocycles. The molecule has 0 unspecified atom stereocenters. The number of nitrogens with two attached hydrogens (primary N) is 2. The van der Waals surface area contributed by atoms with Crippen LogP contribution in [-0.4, -0.2) is 54.8 Å². The second-order valence-corrected chi connectivity index (χ2v) is 8.05. The Morgan fingerprint density at radius 3 is 2.30 bits per heavy atom. The molecule has 9 nitrogen and oxygen atoms in total. The van der Waals surface area contributed by atoms with Gasteiger partial charge in [0.25, 0.3) is 5.91 Å². The number of amides is 1. The third-order valence-corrected chi connectivity index (χ3v) is 5.77. The molecule has 1 aliphatic heterocycles. The fourth-order valence-corrected chi connectivity index (χ4v) is 3.84. The van der Waals surface area contributed by atoms with Crippen LogP contribution >= 0.6 is 0 Å². The highest BCUT2D eigenvalue weighted by Crippen LogP contribution is 2.21. The second kappa shape index (κ2) is 11.1. The lowest BCUT2D eigenvalue weighted by Gasteiger charge is -2.32. The summed E-state index contributed by atoms with van der Waals surface area (Å²) >= 11 is 0. The molecule has 9 heteroatoms. The van der Waals surface area contributed by atoms with Gasteiger partial charge in [-0.15, -0.1) is 0 Å². The number of carbonyl (C=O) groups is 2. The predicted octanol–water partition coefficient (Wildman–Crippen LogP) is 2.16. The molecule has 1 amide bonds. The summed E-state index contributed by atoms with van der Waals surface area (Å²) in [5, 5.41) is 15.1. The Labute approximate surface area is 193 Å². The quantitative estimate of drug-likeness (QED) is 0.275. The van der Waals surface area contributed by atoms with Gasteiger partial charge in [0.15, 0.2) is 5.96 Å². The summed E-state index contributed by atoms with van der Waals surface area (Å²) in [6, 6.07) is 15.4. The number of ether oxygens (including phenoxy) is 1. The van der Waals surface area contributed by atoms with Crippen LogP contribution in [0, 0.1) is 16.7 Å². The minimum absolute atomic E-state index is 0.0967. The van der Waals surface area contributed by atoms with Gasteiger partial charge in [-0.1, -0.05) is 30.3 Å². The van der Waals surface area contributed by atoms with Crippen molar-refractivity contribution in [3.05, 3.63) is 65.7 Å². The summed E-state index contributed by atoms with van der Waals surface area (Å²) in [7, 11) is 0. The summed E-state index contributed by atoms with van der Waals surface area (Å²) in [5.41, 5.74) is 12.4. The van der Waals surface area contributed by atoms with Crippen LogP contribution in [0.1, 0.15) is 35.2 Å². The molecule has 1 aliphatic rings. The van der Waals surface area contributed by atoms with Crippen molar-refractivity contribution in [1.29, 1.82) is 10.8 Å². The monoisotopic (exact) mass is 450 g/mol. The van der Waals surface area contributed by atoms with Gasteiger partial charge >= 0.3 is 5.97 Å². The van der Waals surface area contributed by atoms with Crippen LogP contribution < -0.4 is 16.4 Å². The first-order valence-corrected chi connectivity index (χ1v) is 10.9. The summed E-state index contributed by atoms with van der Waals surface area (Å²) in [6.07, 6.45) is 2.54. The second-order valence-electron chi connectivity index (χ2n) is 8.05. The van der Waals surface area contributed by atoms with Crippen LogP contribution in [0.3, 0.4) is 0 Å². The normalized spacial score (nSPS) is 13.9. The third-order valence-electron chi connectivity index (χ3n) is 5.77. The Balaban J connectivity index is 1.61. The molecule has 1 saturated heterocycles. The highest BCUT2D eigenvalue weighted by atomic mass is 16.5. The highest BCUT2D eigenvalue weighted by Gasteiger charge is 2.23. The molecule has 174 valence electrons. The molecule has 1 heterocycles. The van der Waals surface area contributed by atoms with Crippen molar-refractivity contribution < 1.29 is 14.3 Å². The molecule has 1 fully saturated rings. The number of piperidine rings is 1. The number of carbonyl (C=O) groups excluding carboxylic acids is 2. The number of nitrogen functional groups attached to an aromatic ring is 1. The standard InChI is InChI=1S/C24H30N6O3/c25-22(26)18-5-4-6-19(15-18)23(32)30(20-7-2-1-3-8-20)16-21(31)33-14-11-17-9-12-29(13-10-17)24(27)28/h1-8,15,17H,9-14,16H2,(H3,25,26)(H3,27,28). The Morgan fingerprint density at radius 1 is 1.00 bits per heavy atom.